The van der Waals surface area contributed by atoms with Crippen LogP contribution in [0.5, 0.6) is 0 Å². The van der Waals surface area contributed by atoms with Crippen LogP contribution in [0.3, 0.4) is 0 Å². The normalized spacial score (nSPS) is 22.4. The Morgan fingerprint density at radius 2 is 1.87 bits per heavy atom. The zero-order valence-electron chi connectivity index (χ0n) is 17.8. The molecule has 3 aliphatic rings. The van der Waals surface area contributed by atoms with Gasteiger partial charge in [0, 0.05) is 36.9 Å². The van der Waals surface area contributed by atoms with Crippen LogP contribution in [0.2, 0.25) is 0 Å². The molecule has 2 aromatic carbocycles. The average molecular weight is 419 g/mol. The molecule has 1 atom stereocenters. The fourth-order valence-corrected chi connectivity index (χ4v) is 5.12. The van der Waals surface area contributed by atoms with Gasteiger partial charge in [-0.15, -0.1) is 0 Å². The Morgan fingerprint density at radius 1 is 1.06 bits per heavy atom. The Hall–Kier alpha value is -2.86. The van der Waals surface area contributed by atoms with E-state index in [-0.39, 0.29) is 23.3 Å². The summed E-state index contributed by atoms with van der Waals surface area (Å²) < 4.78 is 0. The molecule has 1 saturated carbocycles. The van der Waals surface area contributed by atoms with Gasteiger partial charge in [0.2, 0.25) is 5.91 Å². The van der Waals surface area contributed by atoms with E-state index >= 15 is 0 Å². The fraction of sp³-hybridized carbons (Fsp3) is 0.440. The molecule has 6 nitrogen and oxygen atoms in total. The maximum Gasteiger partial charge on any atom is 0.321 e. The van der Waals surface area contributed by atoms with Crippen molar-refractivity contribution < 1.29 is 9.59 Å². The van der Waals surface area contributed by atoms with Crippen LogP contribution in [0.15, 0.2) is 54.6 Å². The Balaban J connectivity index is 1.12. The number of likely N-dealkylation sites (tertiary alicyclic amines) is 1. The summed E-state index contributed by atoms with van der Waals surface area (Å²) in [5.74, 6) is 0.239. The molecule has 2 heterocycles. The summed E-state index contributed by atoms with van der Waals surface area (Å²) >= 11 is 0. The van der Waals surface area contributed by atoms with E-state index in [9.17, 15) is 9.59 Å². The molecule has 31 heavy (non-hydrogen) atoms. The molecule has 1 unspecified atom stereocenters. The number of carbonyl (C=O) groups excluding carboxylic acids is 2. The van der Waals surface area contributed by atoms with Crippen LogP contribution >= 0.6 is 0 Å². The molecule has 1 aliphatic carbocycles. The first-order valence-corrected chi connectivity index (χ1v) is 11.4. The van der Waals surface area contributed by atoms with E-state index in [0.717, 1.165) is 56.7 Å². The summed E-state index contributed by atoms with van der Waals surface area (Å²) in [7, 11) is 0. The second-order valence-corrected chi connectivity index (χ2v) is 9.12. The predicted octanol–water partition coefficient (Wildman–Crippen LogP) is 3.50. The van der Waals surface area contributed by atoms with Crippen molar-refractivity contribution in [3.8, 4) is 0 Å². The summed E-state index contributed by atoms with van der Waals surface area (Å²) in [6.45, 7) is 4.56. The number of nitrogens with zero attached hydrogens (tertiary/aromatic N) is 2. The Morgan fingerprint density at radius 3 is 2.61 bits per heavy atom. The highest BCUT2D eigenvalue weighted by molar-refractivity contribution is 5.97. The van der Waals surface area contributed by atoms with Crippen molar-refractivity contribution >= 4 is 23.3 Å². The zero-order valence-corrected chi connectivity index (χ0v) is 17.8. The fourth-order valence-electron chi connectivity index (χ4n) is 5.12. The van der Waals surface area contributed by atoms with Crippen LogP contribution < -0.4 is 15.5 Å². The van der Waals surface area contributed by atoms with Crippen LogP contribution in [0.25, 0.3) is 0 Å². The van der Waals surface area contributed by atoms with Crippen LogP contribution in [0, 0.1) is 11.3 Å². The molecule has 2 N–H and O–H groups in total. The number of piperidine rings is 1. The maximum atomic E-state index is 12.9. The zero-order chi connectivity index (χ0) is 21.3. The standard InChI is InChI=1S/C25H30N4O2/c30-23(27-20-7-4-8-21(17-20)29-16-12-26-24(29)31)22-18-25(22)10-14-28(15-11-25)13-9-19-5-2-1-3-6-19/h1-8,17,22H,9-16,18H2,(H,26,31)(H,27,30). The van der Waals surface area contributed by atoms with Crippen molar-refractivity contribution in [2.24, 2.45) is 11.3 Å². The molecule has 5 rings (SSSR count). The van der Waals surface area contributed by atoms with Crippen molar-refractivity contribution in [1.82, 2.24) is 10.2 Å². The number of amides is 3. The summed E-state index contributed by atoms with van der Waals surface area (Å²) in [5.41, 5.74) is 3.18. The van der Waals surface area contributed by atoms with Gasteiger partial charge in [0.1, 0.15) is 0 Å². The van der Waals surface area contributed by atoms with Crippen molar-refractivity contribution in [2.75, 3.05) is 42.9 Å². The number of urea groups is 1. The van der Waals surface area contributed by atoms with Gasteiger partial charge >= 0.3 is 6.03 Å². The summed E-state index contributed by atoms with van der Waals surface area (Å²) in [4.78, 5) is 29.1. The first-order valence-electron chi connectivity index (χ1n) is 11.4. The van der Waals surface area contributed by atoms with Gasteiger partial charge in [-0.3, -0.25) is 9.69 Å². The summed E-state index contributed by atoms with van der Waals surface area (Å²) in [6.07, 6.45) is 4.30. The molecule has 0 aromatic heterocycles. The predicted molar refractivity (Wildman–Crippen MR) is 122 cm³/mol. The minimum Gasteiger partial charge on any atom is -0.336 e. The first-order chi connectivity index (χ1) is 15.1. The number of nitrogens with one attached hydrogen (secondary N) is 2. The molecule has 2 aliphatic heterocycles. The molecular formula is C25H30N4O2. The minimum atomic E-state index is -0.0800. The summed E-state index contributed by atoms with van der Waals surface area (Å²) in [5, 5.41) is 5.91. The lowest BCUT2D eigenvalue weighted by molar-refractivity contribution is -0.118. The van der Waals surface area contributed by atoms with Gasteiger partial charge in [0.25, 0.3) is 0 Å². The number of hydrogen-bond acceptors (Lipinski definition) is 3. The van der Waals surface area contributed by atoms with Crippen LogP contribution in [0.1, 0.15) is 24.8 Å². The van der Waals surface area contributed by atoms with Crippen LogP contribution in [0.4, 0.5) is 16.2 Å². The summed E-state index contributed by atoms with van der Waals surface area (Å²) in [6, 6.07) is 18.2. The van der Waals surface area contributed by atoms with E-state index < -0.39 is 0 Å². The number of carbonyl (C=O) groups is 2. The number of hydrogen-bond donors (Lipinski definition) is 2. The van der Waals surface area contributed by atoms with E-state index in [1.54, 1.807) is 4.90 Å². The van der Waals surface area contributed by atoms with Gasteiger partial charge in [0.05, 0.1) is 0 Å². The molecule has 2 saturated heterocycles. The molecule has 0 bridgehead atoms. The number of benzene rings is 2. The second-order valence-electron chi connectivity index (χ2n) is 9.12. The van der Waals surface area contributed by atoms with E-state index in [1.807, 2.05) is 24.3 Å². The van der Waals surface area contributed by atoms with Crippen LogP contribution in [-0.4, -0.2) is 49.6 Å². The molecule has 3 amide bonds. The van der Waals surface area contributed by atoms with E-state index in [0.29, 0.717) is 13.1 Å². The van der Waals surface area contributed by atoms with Gasteiger partial charge in [-0.05, 0) is 68.0 Å². The van der Waals surface area contributed by atoms with E-state index in [4.69, 9.17) is 0 Å². The van der Waals surface area contributed by atoms with Crippen molar-refractivity contribution in [1.29, 1.82) is 0 Å². The molecule has 2 aromatic rings. The Bertz CT molecular complexity index is 953. The lowest BCUT2D eigenvalue weighted by Crippen LogP contribution is -2.37. The molecular weight excluding hydrogens is 388 g/mol. The van der Waals surface area contributed by atoms with Crippen LogP contribution in [-0.2, 0) is 11.2 Å². The average Bonchev–Trinajstić information content (AvgIpc) is 3.33. The lowest BCUT2D eigenvalue weighted by atomic mass is 9.90. The molecule has 1 spiro atoms. The van der Waals surface area contributed by atoms with E-state index in [1.165, 1.54) is 5.56 Å². The molecule has 6 heteroatoms. The van der Waals surface area contributed by atoms with Gasteiger partial charge in [-0.1, -0.05) is 36.4 Å². The minimum absolute atomic E-state index is 0.0800. The third-order valence-corrected chi connectivity index (χ3v) is 7.20. The Labute approximate surface area is 183 Å². The molecule has 0 radical (unpaired) electrons. The van der Waals surface area contributed by atoms with Crippen molar-refractivity contribution in [3.05, 3.63) is 60.2 Å². The SMILES string of the molecule is O=C(Nc1cccc(N2CCNC2=O)c1)C1CC12CCN(CCc1ccccc1)CC2. The number of rotatable bonds is 6. The Kier molecular flexibility index (Phi) is 5.40. The van der Waals surface area contributed by atoms with Crippen molar-refractivity contribution in [3.63, 3.8) is 0 Å². The molecule has 162 valence electrons. The van der Waals surface area contributed by atoms with Gasteiger partial charge in [0.15, 0.2) is 0 Å². The van der Waals surface area contributed by atoms with Crippen molar-refractivity contribution in [2.45, 2.75) is 25.7 Å². The second kappa shape index (κ2) is 8.35. The van der Waals surface area contributed by atoms with Gasteiger partial charge in [-0.25, -0.2) is 4.79 Å². The topological polar surface area (TPSA) is 64.7 Å². The van der Waals surface area contributed by atoms with Gasteiger partial charge < -0.3 is 15.5 Å². The third-order valence-electron chi connectivity index (χ3n) is 7.20. The van der Waals surface area contributed by atoms with E-state index in [2.05, 4.69) is 45.9 Å². The highest BCUT2D eigenvalue weighted by atomic mass is 16.2. The monoisotopic (exact) mass is 418 g/mol. The number of anilines is 2. The first kappa shape index (κ1) is 20.1. The molecule has 3 fully saturated rings. The highest BCUT2D eigenvalue weighted by Gasteiger charge is 2.58. The quantitative estimate of drug-likeness (QED) is 0.755. The van der Waals surface area contributed by atoms with Gasteiger partial charge in [-0.2, -0.15) is 0 Å². The smallest absolute Gasteiger partial charge is 0.321 e. The lowest BCUT2D eigenvalue weighted by Gasteiger charge is -2.32. The largest absolute Gasteiger partial charge is 0.336 e. The third kappa shape index (κ3) is 4.30. The highest BCUT2D eigenvalue weighted by Crippen LogP contribution is 2.59. The maximum absolute atomic E-state index is 12.9.